The fourth-order valence-corrected chi connectivity index (χ4v) is 3.01. The lowest BCUT2D eigenvalue weighted by Crippen LogP contribution is -2.20. The van der Waals surface area contributed by atoms with Crippen LogP contribution in [0.3, 0.4) is 0 Å². The maximum atomic E-state index is 13.5. The molecule has 1 heterocycles. The molecule has 0 aliphatic heterocycles. The average molecular weight is 337 g/mol. The summed E-state index contributed by atoms with van der Waals surface area (Å²) >= 11 is 0. The van der Waals surface area contributed by atoms with Gasteiger partial charge in [-0.3, -0.25) is 0 Å². The number of hydrogen-bond donors (Lipinski definition) is 2. The molecule has 1 atom stereocenters. The first kappa shape index (κ1) is 16.7. The molecule has 0 spiro atoms. The Bertz CT molecular complexity index is 744. The van der Waals surface area contributed by atoms with Crippen LogP contribution in [-0.2, 0) is 12.8 Å². The van der Waals surface area contributed by atoms with Gasteiger partial charge in [0.2, 0.25) is 0 Å². The van der Waals surface area contributed by atoms with Crippen LogP contribution in [0.2, 0.25) is 0 Å². The van der Waals surface area contributed by atoms with Gasteiger partial charge in [-0.25, -0.2) is 23.1 Å². The lowest BCUT2D eigenvalue weighted by molar-refractivity contribution is 0.275. The van der Waals surface area contributed by atoms with Gasteiger partial charge in [0.05, 0.1) is 12.6 Å². The van der Waals surface area contributed by atoms with E-state index in [0.29, 0.717) is 11.6 Å². The van der Waals surface area contributed by atoms with Crippen molar-refractivity contribution in [3.05, 3.63) is 52.2 Å². The van der Waals surface area contributed by atoms with Gasteiger partial charge in [-0.1, -0.05) is 0 Å². The molecule has 0 saturated carbocycles. The Balaban J connectivity index is 1.95. The maximum Gasteiger partial charge on any atom is 0.194 e. The second-order valence-corrected chi connectivity index (χ2v) is 5.93. The monoisotopic (exact) mass is 337 g/mol. The van der Waals surface area contributed by atoms with Crippen LogP contribution in [0.15, 0.2) is 12.1 Å². The number of aromatic nitrogens is 2. The van der Waals surface area contributed by atoms with Crippen LogP contribution in [0.1, 0.15) is 41.5 Å². The van der Waals surface area contributed by atoms with E-state index in [1.807, 2.05) is 0 Å². The van der Waals surface area contributed by atoms with Crippen molar-refractivity contribution >= 4 is 5.82 Å². The summed E-state index contributed by atoms with van der Waals surface area (Å²) in [4.78, 5) is 8.80. The first-order valence-electron chi connectivity index (χ1n) is 7.88. The summed E-state index contributed by atoms with van der Waals surface area (Å²) in [6, 6.07) is 0.967. The number of rotatable bonds is 4. The highest BCUT2D eigenvalue weighted by Crippen LogP contribution is 2.29. The molecule has 3 rings (SSSR count). The minimum Gasteiger partial charge on any atom is -0.394 e. The third kappa shape index (κ3) is 3.21. The third-order valence-electron chi connectivity index (χ3n) is 4.20. The van der Waals surface area contributed by atoms with Crippen LogP contribution in [0.25, 0.3) is 0 Å². The minimum absolute atomic E-state index is 0.120. The van der Waals surface area contributed by atoms with Gasteiger partial charge >= 0.3 is 0 Å². The second kappa shape index (κ2) is 6.76. The highest BCUT2D eigenvalue weighted by atomic mass is 19.2. The van der Waals surface area contributed by atoms with Crippen molar-refractivity contribution in [3.8, 4) is 0 Å². The molecule has 0 radical (unpaired) electrons. The number of aliphatic hydroxyl groups excluding tert-OH is 1. The molecule has 128 valence electrons. The summed E-state index contributed by atoms with van der Waals surface area (Å²) in [5.41, 5.74) is 2.05. The number of anilines is 1. The number of fused-ring (bicyclic) bond motifs is 1. The number of benzene rings is 1. The Morgan fingerprint density at radius 3 is 2.46 bits per heavy atom. The lowest BCUT2D eigenvalue weighted by Gasteiger charge is -2.23. The Kier molecular flexibility index (Phi) is 4.71. The Morgan fingerprint density at radius 2 is 1.79 bits per heavy atom. The van der Waals surface area contributed by atoms with E-state index in [4.69, 9.17) is 0 Å². The summed E-state index contributed by atoms with van der Waals surface area (Å²) in [5.74, 6) is -2.95. The van der Waals surface area contributed by atoms with Crippen LogP contribution in [-0.4, -0.2) is 21.7 Å². The van der Waals surface area contributed by atoms with Gasteiger partial charge in [0, 0.05) is 11.3 Å². The molecule has 0 fully saturated rings. The third-order valence-corrected chi connectivity index (χ3v) is 4.20. The molecule has 4 nitrogen and oxygen atoms in total. The SMILES string of the molecule is Cc1nc2c(c(NC(CO)c3cc(F)c(F)c(F)c3)n1)CCCC2. The number of nitrogens with zero attached hydrogens (tertiary/aromatic N) is 2. The topological polar surface area (TPSA) is 58.0 Å². The van der Waals surface area contributed by atoms with Crippen LogP contribution >= 0.6 is 0 Å². The van der Waals surface area contributed by atoms with E-state index in [0.717, 1.165) is 49.1 Å². The quantitative estimate of drug-likeness (QED) is 0.841. The first-order valence-corrected chi connectivity index (χ1v) is 7.88. The molecule has 7 heteroatoms. The molecule has 1 aromatic heterocycles. The van der Waals surface area contributed by atoms with Gasteiger partial charge in [-0.15, -0.1) is 0 Å². The van der Waals surface area contributed by atoms with E-state index < -0.39 is 30.1 Å². The van der Waals surface area contributed by atoms with Gasteiger partial charge in [0.15, 0.2) is 17.5 Å². The molecule has 0 bridgehead atoms. The van der Waals surface area contributed by atoms with Crippen LogP contribution in [0.5, 0.6) is 0 Å². The normalized spacial score (nSPS) is 15.0. The van der Waals surface area contributed by atoms with E-state index in [-0.39, 0.29) is 5.56 Å². The fraction of sp³-hybridized carbons (Fsp3) is 0.412. The van der Waals surface area contributed by atoms with Crippen molar-refractivity contribution in [2.24, 2.45) is 0 Å². The maximum absolute atomic E-state index is 13.5. The van der Waals surface area contributed by atoms with E-state index in [1.165, 1.54) is 0 Å². The molecule has 0 amide bonds. The molecule has 1 aromatic carbocycles. The predicted octanol–water partition coefficient (Wildman–Crippen LogP) is 3.23. The first-order chi connectivity index (χ1) is 11.5. The number of halogens is 3. The van der Waals surface area contributed by atoms with Crippen molar-refractivity contribution in [1.82, 2.24) is 9.97 Å². The molecule has 1 aliphatic rings. The van der Waals surface area contributed by atoms with E-state index in [9.17, 15) is 18.3 Å². The zero-order valence-corrected chi connectivity index (χ0v) is 13.2. The van der Waals surface area contributed by atoms with Crippen LogP contribution in [0.4, 0.5) is 19.0 Å². The fourth-order valence-electron chi connectivity index (χ4n) is 3.01. The Hall–Kier alpha value is -2.15. The van der Waals surface area contributed by atoms with Gasteiger partial charge < -0.3 is 10.4 Å². The molecular formula is C17H18F3N3O. The molecule has 2 N–H and O–H groups in total. The van der Waals surface area contributed by atoms with Crippen molar-refractivity contribution < 1.29 is 18.3 Å². The van der Waals surface area contributed by atoms with E-state index >= 15 is 0 Å². The highest BCUT2D eigenvalue weighted by molar-refractivity contribution is 5.49. The molecule has 2 aromatic rings. The largest absolute Gasteiger partial charge is 0.394 e. The van der Waals surface area contributed by atoms with Gasteiger partial charge in [-0.05, 0) is 50.3 Å². The number of aliphatic hydroxyl groups is 1. The molecule has 1 aliphatic carbocycles. The van der Waals surface area contributed by atoms with Crippen molar-refractivity contribution in [2.75, 3.05) is 11.9 Å². The zero-order chi connectivity index (χ0) is 17.3. The summed E-state index contributed by atoms with van der Waals surface area (Å²) in [6.07, 6.45) is 3.73. The lowest BCUT2D eigenvalue weighted by atomic mass is 9.96. The van der Waals surface area contributed by atoms with Crippen LogP contribution in [0, 0.1) is 24.4 Å². The van der Waals surface area contributed by atoms with Crippen molar-refractivity contribution in [2.45, 2.75) is 38.6 Å². The van der Waals surface area contributed by atoms with Gasteiger partial charge in [0.25, 0.3) is 0 Å². The van der Waals surface area contributed by atoms with E-state index in [1.54, 1.807) is 6.92 Å². The van der Waals surface area contributed by atoms with Gasteiger partial charge in [-0.2, -0.15) is 0 Å². The summed E-state index contributed by atoms with van der Waals surface area (Å²) in [5, 5.41) is 12.7. The van der Waals surface area contributed by atoms with Crippen LogP contribution < -0.4 is 5.32 Å². The number of hydrogen-bond acceptors (Lipinski definition) is 4. The standard InChI is InChI=1S/C17H18F3N3O/c1-9-21-14-5-3-2-4-11(14)17(22-9)23-15(8-24)10-6-12(18)16(20)13(19)7-10/h6-7,15,24H,2-5,8H2,1H3,(H,21,22,23). The van der Waals surface area contributed by atoms with Crippen molar-refractivity contribution in [3.63, 3.8) is 0 Å². The molecule has 0 saturated heterocycles. The summed E-state index contributed by atoms with van der Waals surface area (Å²) in [6.45, 7) is 1.35. The minimum atomic E-state index is -1.52. The molecule has 1 unspecified atom stereocenters. The van der Waals surface area contributed by atoms with Crippen molar-refractivity contribution in [1.29, 1.82) is 0 Å². The predicted molar refractivity (Wildman–Crippen MR) is 83.2 cm³/mol. The zero-order valence-electron chi connectivity index (χ0n) is 13.2. The number of nitrogens with one attached hydrogen (secondary N) is 1. The Morgan fingerprint density at radius 1 is 1.12 bits per heavy atom. The Labute approximate surface area is 137 Å². The smallest absolute Gasteiger partial charge is 0.194 e. The average Bonchev–Trinajstić information content (AvgIpc) is 2.56. The second-order valence-electron chi connectivity index (χ2n) is 5.93. The van der Waals surface area contributed by atoms with Gasteiger partial charge in [0.1, 0.15) is 11.6 Å². The van der Waals surface area contributed by atoms with E-state index in [2.05, 4.69) is 15.3 Å². The highest BCUT2D eigenvalue weighted by Gasteiger charge is 2.21. The molecule has 24 heavy (non-hydrogen) atoms. The summed E-state index contributed by atoms with van der Waals surface area (Å²) < 4.78 is 40.1. The molecular weight excluding hydrogens is 319 g/mol. The summed E-state index contributed by atoms with van der Waals surface area (Å²) in [7, 11) is 0. The number of aryl methyl sites for hydroxylation is 2.